The maximum absolute atomic E-state index is 12.8. The Kier molecular flexibility index (Phi) is 6.52. The van der Waals surface area contributed by atoms with Gasteiger partial charge in [-0.2, -0.15) is 0 Å². The number of nitrogens with one attached hydrogen (secondary N) is 2. The van der Waals surface area contributed by atoms with Crippen molar-refractivity contribution in [1.29, 1.82) is 0 Å². The normalized spacial score (nSPS) is 11.4. The lowest BCUT2D eigenvalue weighted by Gasteiger charge is -2.18. The fourth-order valence-electron chi connectivity index (χ4n) is 2.89. The van der Waals surface area contributed by atoms with Crippen LogP contribution in [0.2, 0.25) is 5.02 Å². The predicted molar refractivity (Wildman–Crippen MR) is 118 cm³/mol. The number of carbonyl (C=O) groups excluding carboxylic acids is 2. The summed E-state index contributed by atoms with van der Waals surface area (Å²) < 4.78 is 0. The number of carbonyl (C=O) groups is 2. The molecule has 3 rings (SSSR count). The van der Waals surface area contributed by atoms with Crippen LogP contribution in [0.15, 0.2) is 78.9 Å². The van der Waals surface area contributed by atoms with Gasteiger partial charge >= 0.3 is 6.03 Å². The van der Waals surface area contributed by atoms with Crippen molar-refractivity contribution in [3.05, 3.63) is 95.0 Å². The topological polar surface area (TPSA) is 61.4 Å². The van der Waals surface area contributed by atoms with Gasteiger partial charge in [0.15, 0.2) is 0 Å². The molecule has 0 radical (unpaired) electrons. The zero-order valence-corrected chi connectivity index (χ0v) is 17.0. The standard InChI is InChI=1S/C23H22ClN3O2/c1-16(17-11-13-19(24)14-12-17)25-23(29)26-20-8-6-7-18(15-20)22(28)27(2)21-9-4-3-5-10-21/h3-16H,1-2H3,(H2,25,26,29). The van der Waals surface area contributed by atoms with Crippen LogP contribution in [0.3, 0.4) is 0 Å². The summed E-state index contributed by atoms with van der Waals surface area (Å²) in [5.41, 5.74) is 2.77. The second-order valence-electron chi connectivity index (χ2n) is 6.65. The first-order chi connectivity index (χ1) is 13.9. The van der Waals surface area contributed by atoms with E-state index in [2.05, 4.69) is 10.6 Å². The molecule has 0 aliphatic heterocycles. The molecule has 1 atom stereocenters. The Morgan fingerprint density at radius 2 is 1.62 bits per heavy atom. The van der Waals surface area contributed by atoms with Gasteiger partial charge < -0.3 is 15.5 Å². The number of amides is 3. The predicted octanol–water partition coefficient (Wildman–Crippen LogP) is 5.50. The summed E-state index contributed by atoms with van der Waals surface area (Å²) in [7, 11) is 1.72. The van der Waals surface area contributed by atoms with Gasteiger partial charge in [0.05, 0.1) is 6.04 Å². The van der Waals surface area contributed by atoms with Crippen molar-refractivity contribution in [3.8, 4) is 0 Å². The third-order valence-electron chi connectivity index (χ3n) is 4.53. The molecule has 0 bridgehead atoms. The minimum Gasteiger partial charge on any atom is -0.331 e. The van der Waals surface area contributed by atoms with E-state index in [0.29, 0.717) is 16.3 Å². The molecule has 3 amide bonds. The second kappa shape index (κ2) is 9.26. The number of anilines is 2. The van der Waals surface area contributed by atoms with Crippen LogP contribution in [-0.2, 0) is 0 Å². The van der Waals surface area contributed by atoms with Crippen molar-refractivity contribution in [2.24, 2.45) is 0 Å². The van der Waals surface area contributed by atoms with Crippen LogP contribution in [0.25, 0.3) is 0 Å². The van der Waals surface area contributed by atoms with E-state index in [0.717, 1.165) is 11.3 Å². The van der Waals surface area contributed by atoms with Crippen molar-refractivity contribution >= 4 is 34.9 Å². The quantitative estimate of drug-likeness (QED) is 0.586. The van der Waals surface area contributed by atoms with E-state index in [9.17, 15) is 9.59 Å². The lowest BCUT2D eigenvalue weighted by atomic mass is 10.1. The van der Waals surface area contributed by atoms with Crippen LogP contribution in [0, 0.1) is 0 Å². The Morgan fingerprint density at radius 1 is 0.931 bits per heavy atom. The van der Waals surface area contributed by atoms with Gasteiger partial charge in [-0.15, -0.1) is 0 Å². The highest BCUT2D eigenvalue weighted by Gasteiger charge is 2.15. The first kappa shape index (κ1) is 20.4. The Hall–Kier alpha value is -3.31. The first-order valence-corrected chi connectivity index (χ1v) is 9.58. The van der Waals surface area contributed by atoms with Gasteiger partial charge in [0.1, 0.15) is 0 Å². The average molecular weight is 408 g/mol. The maximum atomic E-state index is 12.8. The van der Waals surface area contributed by atoms with E-state index in [4.69, 9.17) is 11.6 Å². The van der Waals surface area contributed by atoms with E-state index >= 15 is 0 Å². The largest absolute Gasteiger partial charge is 0.331 e. The minimum atomic E-state index is -0.353. The van der Waals surface area contributed by atoms with Crippen LogP contribution in [0.4, 0.5) is 16.2 Å². The Bertz CT molecular complexity index is 991. The van der Waals surface area contributed by atoms with Crippen LogP contribution in [0.5, 0.6) is 0 Å². The zero-order chi connectivity index (χ0) is 20.8. The SMILES string of the molecule is CC(NC(=O)Nc1cccc(C(=O)N(C)c2ccccc2)c1)c1ccc(Cl)cc1. The second-order valence-corrected chi connectivity index (χ2v) is 7.09. The van der Waals surface area contributed by atoms with Crippen molar-refractivity contribution in [2.45, 2.75) is 13.0 Å². The molecule has 3 aromatic carbocycles. The average Bonchev–Trinajstić information content (AvgIpc) is 2.73. The van der Waals surface area contributed by atoms with Gasteiger partial charge in [-0.05, 0) is 55.0 Å². The van der Waals surface area contributed by atoms with Crippen molar-refractivity contribution in [3.63, 3.8) is 0 Å². The maximum Gasteiger partial charge on any atom is 0.319 e. The molecule has 2 N–H and O–H groups in total. The molecule has 0 aliphatic carbocycles. The number of urea groups is 1. The van der Waals surface area contributed by atoms with Crippen molar-refractivity contribution < 1.29 is 9.59 Å². The van der Waals surface area contributed by atoms with E-state index < -0.39 is 0 Å². The number of rotatable bonds is 5. The smallest absolute Gasteiger partial charge is 0.319 e. The minimum absolute atomic E-state index is 0.158. The molecule has 0 spiro atoms. The Morgan fingerprint density at radius 3 is 2.31 bits per heavy atom. The lowest BCUT2D eigenvalue weighted by molar-refractivity contribution is 0.0993. The van der Waals surface area contributed by atoms with Crippen LogP contribution >= 0.6 is 11.6 Å². The molecule has 148 valence electrons. The highest BCUT2D eigenvalue weighted by Crippen LogP contribution is 2.19. The van der Waals surface area contributed by atoms with Gasteiger partial charge in [0.2, 0.25) is 0 Å². The number of hydrogen-bond acceptors (Lipinski definition) is 2. The number of hydrogen-bond donors (Lipinski definition) is 2. The van der Waals surface area contributed by atoms with Crippen LogP contribution in [-0.4, -0.2) is 19.0 Å². The van der Waals surface area contributed by atoms with E-state index in [1.54, 1.807) is 48.3 Å². The number of halogens is 1. The Balaban J connectivity index is 1.65. The molecule has 6 heteroatoms. The molecule has 0 saturated heterocycles. The molecular formula is C23H22ClN3O2. The molecular weight excluding hydrogens is 386 g/mol. The van der Waals surface area contributed by atoms with Crippen LogP contribution in [0.1, 0.15) is 28.9 Å². The zero-order valence-electron chi connectivity index (χ0n) is 16.2. The van der Waals surface area contributed by atoms with Crippen LogP contribution < -0.4 is 15.5 Å². The van der Waals surface area contributed by atoms with E-state index in [1.807, 2.05) is 49.4 Å². The van der Waals surface area contributed by atoms with E-state index in [-0.39, 0.29) is 18.0 Å². The van der Waals surface area contributed by atoms with Crippen molar-refractivity contribution in [2.75, 3.05) is 17.3 Å². The summed E-state index contributed by atoms with van der Waals surface area (Å²) in [4.78, 5) is 26.7. The van der Waals surface area contributed by atoms with E-state index in [1.165, 1.54) is 0 Å². The summed E-state index contributed by atoms with van der Waals surface area (Å²) >= 11 is 5.90. The summed E-state index contributed by atoms with van der Waals surface area (Å²) in [5, 5.41) is 6.30. The molecule has 0 saturated carbocycles. The van der Waals surface area contributed by atoms with Gasteiger partial charge in [0.25, 0.3) is 5.91 Å². The lowest BCUT2D eigenvalue weighted by Crippen LogP contribution is -2.31. The molecule has 1 unspecified atom stereocenters. The van der Waals surface area contributed by atoms with Gasteiger partial charge in [-0.3, -0.25) is 4.79 Å². The third kappa shape index (κ3) is 5.36. The number of para-hydroxylation sites is 1. The summed E-state index contributed by atoms with van der Waals surface area (Å²) in [6.07, 6.45) is 0. The monoisotopic (exact) mass is 407 g/mol. The molecule has 0 fully saturated rings. The van der Waals surface area contributed by atoms with Gasteiger partial charge in [-0.1, -0.05) is 48.0 Å². The molecule has 3 aromatic rings. The summed E-state index contributed by atoms with van der Waals surface area (Å²) in [5.74, 6) is -0.158. The molecule has 0 aliphatic rings. The summed E-state index contributed by atoms with van der Waals surface area (Å²) in [6.45, 7) is 1.89. The molecule has 5 nitrogen and oxygen atoms in total. The fraction of sp³-hybridized carbons (Fsp3) is 0.130. The molecule has 29 heavy (non-hydrogen) atoms. The third-order valence-corrected chi connectivity index (χ3v) is 4.79. The van der Waals surface area contributed by atoms with Gasteiger partial charge in [-0.25, -0.2) is 4.79 Å². The highest BCUT2D eigenvalue weighted by molar-refractivity contribution is 6.30. The molecule has 0 heterocycles. The first-order valence-electron chi connectivity index (χ1n) is 9.20. The highest BCUT2D eigenvalue weighted by atomic mass is 35.5. The summed E-state index contributed by atoms with van der Waals surface area (Å²) in [6, 6.07) is 23.0. The van der Waals surface area contributed by atoms with Crippen molar-refractivity contribution in [1.82, 2.24) is 5.32 Å². The number of nitrogens with zero attached hydrogens (tertiary/aromatic N) is 1. The van der Waals surface area contributed by atoms with Gasteiger partial charge in [0, 0.05) is 29.0 Å². The molecule has 0 aromatic heterocycles. The Labute approximate surface area is 175 Å². The number of benzene rings is 3. The fourth-order valence-corrected chi connectivity index (χ4v) is 3.02.